The Balaban J connectivity index is 2.39. The van der Waals surface area contributed by atoms with Gasteiger partial charge in [-0.3, -0.25) is 4.99 Å². The fraction of sp³-hybridized carbons (Fsp3) is 0.857. The summed E-state index contributed by atoms with van der Waals surface area (Å²) < 4.78 is 0. The van der Waals surface area contributed by atoms with Gasteiger partial charge >= 0.3 is 0 Å². The standard InChI is InChI=1S/C7H15N3/c1-9-7(8)6-2-4-10-5-3-6/h6,10H,2-5H2,1H3,(H2,8,9). The summed E-state index contributed by atoms with van der Waals surface area (Å²) in [4.78, 5) is 3.98. The minimum absolute atomic E-state index is 0.534. The van der Waals surface area contributed by atoms with Crippen molar-refractivity contribution in [3.8, 4) is 0 Å². The number of aliphatic imine (C=N–C) groups is 1. The Labute approximate surface area is 61.7 Å². The van der Waals surface area contributed by atoms with Gasteiger partial charge in [-0.1, -0.05) is 0 Å². The lowest BCUT2D eigenvalue weighted by Gasteiger charge is -2.21. The third kappa shape index (κ3) is 1.70. The number of hydrogen-bond donors (Lipinski definition) is 2. The Kier molecular flexibility index (Phi) is 2.68. The van der Waals surface area contributed by atoms with Crippen molar-refractivity contribution in [1.29, 1.82) is 0 Å². The van der Waals surface area contributed by atoms with E-state index in [4.69, 9.17) is 5.73 Å². The molecule has 0 bridgehead atoms. The number of nitrogens with one attached hydrogen (secondary N) is 1. The predicted octanol–water partition coefficient (Wildman–Crippen LogP) is -0.0270. The number of rotatable bonds is 1. The molecule has 0 aliphatic carbocycles. The molecule has 0 saturated carbocycles. The highest BCUT2D eigenvalue weighted by Crippen LogP contribution is 2.10. The molecule has 1 aliphatic heterocycles. The zero-order valence-corrected chi connectivity index (χ0v) is 6.43. The van der Waals surface area contributed by atoms with Gasteiger partial charge in [0.15, 0.2) is 0 Å². The monoisotopic (exact) mass is 141 g/mol. The topological polar surface area (TPSA) is 50.4 Å². The van der Waals surface area contributed by atoms with Crippen molar-refractivity contribution in [3.05, 3.63) is 0 Å². The van der Waals surface area contributed by atoms with Crippen LogP contribution in [0, 0.1) is 5.92 Å². The average Bonchev–Trinajstić information content (AvgIpc) is 2.05. The first-order valence-corrected chi connectivity index (χ1v) is 3.77. The summed E-state index contributed by atoms with van der Waals surface area (Å²) >= 11 is 0. The van der Waals surface area contributed by atoms with E-state index >= 15 is 0 Å². The van der Waals surface area contributed by atoms with Crippen molar-refractivity contribution < 1.29 is 0 Å². The number of hydrogen-bond acceptors (Lipinski definition) is 2. The molecule has 0 spiro atoms. The number of piperidine rings is 1. The Morgan fingerprint density at radius 3 is 2.60 bits per heavy atom. The van der Waals surface area contributed by atoms with Gasteiger partial charge in [0.2, 0.25) is 0 Å². The molecular formula is C7H15N3. The van der Waals surface area contributed by atoms with E-state index in [0.29, 0.717) is 5.92 Å². The lowest BCUT2D eigenvalue weighted by atomic mass is 9.97. The van der Waals surface area contributed by atoms with Crippen molar-refractivity contribution >= 4 is 5.84 Å². The highest BCUT2D eigenvalue weighted by molar-refractivity contribution is 5.82. The number of nitrogens with zero attached hydrogens (tertiary/aromatic N) is 1. The Morgan fingerprint density at radius 1 is 1.50 bits per heavy atom. The third-order valence-electron chi connectivity index (χ3n) is 2.02. The summed E-state index contributed by atoms with van der Waals surface area (Å²) in [5, 5.41) is 3.28. The molecule has 0 unspecified atom stereocenters. The van der Waals surface area contributed by atoms with Crippen LogP contribution in [0.1, 0.15) is 12.8 Å². The molecule has 1 rings (SSSR count). The summed E-state index contributed by atoms with van der Waals surface area (Å²) in [6.07, 6.45) is 2.28. The van der Waals surface area contributed by atoms with Gasteiger partial charge in [-0.15, -0.1) is 0 Å². The van der Waals surface area contributed by atoms with Crippen LogP contribution in [-0.4, -0.2) is 26.0 Å². The molecule has 0 amide bonds. The van der Waals surface area contributed by atoms with E-state index in [1.807, 2.05) is 0 Å². The quantitative estimate of drug-likeness (QED) is 0.398. The van der Waals surface area contributed by atoms with Crippen LogP contribution in [-0.2, 0) is 0 Å². The summed E-state index contributed by atoms with van der Waals surface area (Å²) in [5.74, 6) is 1.35. The van der Waals surface area contributed by atoms with Crippen LogP contribution in [0.25, 0.3) is 0 Å². The lowest BCUT2D eigenvalue weighted by Crippen LogP contribution is -2.35. The Morgan fingerprint density at radius 2 is 2.10 bits per heavy atom. The van der Waals surface area contributed by atoms with E-state index in [1.54, 1.807) is 7.05 Å². The molecule has 1 fully saturated rings. The van der Waals surface area contributed by atoms with E-state index in [-0.39, 0.29) is 0 Å². The smallest absolute Gasteiger partial charge is 0.0965 e. The van der Waals surface area contributed by atoms with Gasteiger partial charge in [-0.05, 0) is 25.9 Å². The Hall–Kier alpha value is -0.570. The van der Waals surface area contributed by atoms with Crippen LogP contribution in [0.15, 0.2) is 4.99 Å². The maximum atomic E-state index is 5.67. The van der Waals surface area contributed by atoms with Gasteiger partial charge in [0.05, 0.1) is 5.84 Å². The van der Waals surface area contributed by atoms with Gasteiger partial charge in [0, 0.05) is 13.0 Å². The van der Waals surface area contributed by atoms with Crippen molar-refractivity contribution in [3.63, 3.8) is 0 Å². The summed E-state index contributed by atoms with van der Waals surface area (Å²) in [5.41, 5.74) is 5.67. The molecule has 3 nitrogen and oxygen atoms in total. The second-order valence-corrected chi connectivity index (χ2v) is 2.67. The largest absolute Gasteiger partial charge is 0.387 e. The van der Waals surface area contributed by atoms with Crippen molar-refractivity contribution in [2.75, 3.05) is 20.1 Å². The van der Waals surface area contributed by atoms with Gasteiger partial charge in [-0.2, -0.15) is 0 Å². The molecule has 0 aromatic heterocycles. The van der Waals surface area contributed by atoms with Crippen LogP contribution < -0.4 is 11.1 Å². The first kappa shape index (κ1) is 7.54. The van der Waals surface area contributed by atoms with Gasteiger partial charge in [0.25, 0.3) is 0 Å². The van der Waals surface area contributed by atoms with E-state index in [2.05, 4.69) is 10.3 Å². The normalized spacial score (nSPS) is 23.1. The second kappa shape index (κ2) is 3.56. The number of nitrogens with two attached hydrogens (primary N) is 1. The third-order valence-corrected chi connectivity index (χ3v) is 2.02. The van der Waals surface area contributed by atoms with E-state index in [9.17, 15) is 0 Å². The van der Waals surface area contributed by atoms with E-state index < -0.39 is 0 Å². The molecule has 3 heteroatoms. The molecule has 0 aromatic carbocycles. The average molecular weight is 141 g/mol. The zero-order valence-electron chi connectivity index (χ0n) is 6.43. The molecule has 1 saturated heterocycles. The molecule has 0 aromatic rings. The van der Waals surface area contributed by atoms with Crippen molar-refractivity contribution in [2.24, 2.45) is 16.6 Å². The maximum Gasteiger partial charge on any atom is 0.0965 e. The highest BCUT2D eigenvalue weighted by Gasteiger charge is 2.15. The molecule has 0 atom stereocenters. The molecular weight excluding hydrogens is 126 g/mol. The summed E-state index contributed by atoms with van der Waals surface area (Å²) in [6.45, 7) is 2.17. The molecule has 1 aliphatic rings. The lowest BCUT2D eigenvalue weighted by molar-refractivity contribution is 0.454. The van der Waals surface area contributed by atoms with Gasteiger partial charge < -0.3 is 11.1 Å². The zero-order chi connectivity index (χ0) is 7.40. The van der Waals surface area contributed by atoms with Crippen LogP contribution in [0.4, 0.5) is 0 Å². The Bertz CT molecular complexity index is 125. The molecule has 58 valence electrons. The van der Waals surface area contributed by atoms with Crippen LogP contribution in [0.3, 0.4) is 0 Å². The molecule has 10 heavy (non-hydrogen) atoms. The minimum Gasteiger partial charge on any atom is -0.387 e. The van der Waals surface area contributed by atoms with Crippen molar-refractivity contribution in [2.45, 2.75) is 12.8 Å². The van der Waals surface area contributed by atoms with Gasteiger partial charge in [-0.25, -0.2) is 0 Å². The van der Waals surface area contributed by atoms with Crippen LogP contribution in [0.5, 0.6) is 0 Å². The first-order valence-electron chi connectivity index (χ1n) is 3.77. The second-order valence-electron chi connectivity index (χ2n) is 2.67. The van der Waals surface area contributed by atoms with E-state index in [0.717, 1.165) is 31.8 Å². The SMILES string of the molecule is CN=C(N)C1CCNCC1. The summed E-state index contributed by atoms with van der Waals surface area (Å²) in [6, 6.07) is 0. The predicted molar refractivity (Wildman–Crippen MR) is 43.1 cm³/mol. The first-order chi connectivity index (χ1) is 4.84. The van der Waals surface area contributed by atoms with E-state index in [1.165, 1.54) is 0 Å². The fourth-order valence-electron chi connectivity index (χ4n) is 1.30. The number of amidine groups is 1. The summed E-state index contributed by atoms with van der Waals surface area (Å²) in [7, 11) is 1.76. The molecule has 0 radical (unpaired) electrons. The van der Waals surface area contributed by atoms with Crippen LogP contribution in [0.2, 0.25) is 0 Å². The van der Waals surface area contributed by atoms with Crippen LogP contribution >= 0.6 is 0 Å². The highest BCUT2D eigenvalue weighted by atomic mass is 14.9. The van der Waals surface area contributed by atoms with Crippen molar-refractivity contribution in [1.82, 2.24) is 5.32 Å². The minimum atomic E-state index is 0.534. The maximum absolute atomic E-state index is 5.67. The molecule has 1 heterocycles. The fourth-order valence-corrected chi connectivity index (χ4v) is 1.30. The molecule has 3 N–H and O–H groups in total. The van der Waals surface area contributed by atoms with Gasteiger partial charge in [0.1, 0.15) is 0 Å².